The zero-order valence-electron chi connectivity index (χ0n) is 9.58. The predicted molar refractivity (Wildman–Crippen MR) is 65.4 cm³/mol. The first-order valence-corrected chi connectivity index (χ1v) is 6.09. The Morgan fingerprint density at radius 1 is 1.53 bits per heavy atom. The second kappa shape index (κ2) is 4.76. The fraction of sp³-hybridized carbons (Fsp3) is 0.556. The van der Waals surface area contributed by atoms with Gasteiger partial charge in [0.15, 0.2) is 5.60 Å². The molecule has 2 rings (SSSR count). The van der Waals surface area contributed by atoms with E-state index in [2.05, 4.69) is 31.3 Å². The molecule has 6 nitrogen and oxygen atoms in total. The van der Waals surface area contributed by atoms with Crippen molar-refractivity contribution < 1.29 is 18.3 Å². The smallest absolute Gasteiger partial charge is 0.379 e. The van der Waals surface area contributed by atoms with Gasteiger partial charge in [0.05, 0.1) is 11.0 Å². The van der Waals surface area contributed by atoms with Crippen LogP contribution in [0.25, 0.3) is 0 Å². The Bertz CT molecular complexity index is 485. The van der Waals surface area contributed by atoms with Crippen LogP contribution in [0, 0.1) is 0 Å². The summed E-state index contributed by atoms with van der Waals surface area (Å²) in [4.78, 5) is 9.12. The van der Waals surface area contributed by atoms with Crippen molar-refractivity contribution in [3.8, 4) is 0 Å². The van der Waals surface area contributed by atoms with E-state index >= 15 is 0 Å². The minimum atomic E-state index is -4.67. The van der Waals surface area contributed by atoms with Crippen LogP contribution in [0.5, 0.6) is 0 Å². The monoisotopic (exact) mass is 341 g/mol. The number of hydrogen-bond acceptors (Lipinski definition) is 6. The Morgan fingerprint density at radius 2 is 2.21 bits per heavy atom. The van der Waals surface area contributed by atoms with Crippen LogP contribution in [0.2, 0.25) is 0 Å². The highest BCUT2D eigenvalue weighted by molar-refractivity contribution is 9.10. The number of nitrogens with zero attached hydrogens (tertiary/aromatic N) is 3. The van der Waals surface area contributed by atoms with Gasteiger partial charge in [0.25, 0.3) is 0 Å². The quantitative estimate of drug-likeness (QED) is 0.550. The van der Waals surface area contributed by atoms with Crippen molar-refractivity contribution in [1.82, 2.24) is 9.97 Å². The van der Waals surface area contributed by atoms with E-state index in [1.54, 1.807) is 0 Å². The maximum atomic E-state index is 12.7. The zero-order valence-corrected chi connectivity index (χ0v) is 11.2. The number of rotatable bonds is 2. The minimum Gasteiger partial charge on any atom is -0.379 e. The Hall–Kier alpha value is -1.13. The van der Waals surface area contributed by atoms with E-state index in [1.807, 2.05) is 0 Å². The molecule has 0 aliphatic carbocycles. The van der Waals surface area contributed by atoms with Crippen LogP contribution in [-0.4, -0.2) is 39.9 Å². The SMILES string of the molecule is NNc1ncc(Br)c(N2CCC(O)(C(F)(F)F)C2)n1. The van der Waals surface area contributed by atoms with E-state index in [-0.39, 0.29) is 18.3 Å². The number of hydrogen-bond donors (Lipinski definition) is 3. The van der Waals surface area contributed by atoms with E-state index in [0.29, 0.717) is 4.47 Å². The summed E-state index contributed by atoms with van der Waals surface area (Å²) < 4.78 is 38.6. The van der Waals surface area contributed by atoms with Gasteiger partial charge >= 0.3 is 6.18 Å². The van der Waals surface area contributed by atoms with Gasteiger partial charge < -0.3 is 10.0 Å². The Balaban J connectivity index is 2.26. The number of nitrogen functional groups attached to an aromatic ring is 1. The van der Waals surface area contributed by atoms with Gasteiger partial charge in [0.2, 0.25) is 5.95 Å². The number of nitrogens with one attached hydrogen (secondary N) is 1. The van der Waals surface area contributed by atoms with Crippen LogP contribution < -0.4 is 16.2 Å². The molecule has 0 aromatic carbocycles. The van der Waals surface area contributed by atoms with Crippen molar-refractivity contribution >= 4 is 27.7 Å². The standard InChI is InChI=1S/C9H11BrF3N5O/c10-5-3-15-7(17-14)16-6(5)18-2-1-8(19,4-18)9(11,12)13/h3,19H,1-2,4,14H2,(H,15,16,17). The fourth-order valence-electron chi connectivity index (χ4n) is 1.86. The van der Waals surface area contributed by atoms with Gasteiger partial charge in [0, 0.05) is 19.2 Å². The lowest BCUT2D eigenvalue weighted by atomic mass is 10.0. The normalized spacial score (nSPS) is 23.8. The first kappa shape index (κ1) is 14.3. The van der Waals surface area contributed by atoms with Crippen LogP contribution in [0.4, 0.5) is 24.9 Å². The molecule has 1 atom stereocenters. The number of nitrogens with two attached hydrogens (primary N) is 1. The van der Waals surface area contributed by atoms with Crippen LogP contribution in [0.1, 0.15) is 6.42 Å². The zero-order chi connectivity index (χ0) is 14.3. The molecule has 10 heteroatoms. The first-order valence-electron chi connectivity index (χ1n) is 5.30. The molecule has 1 saturated heterocycles. The summed E-state index contributed by atoms with van der Waals surface area (Å²) >= 11 is 3.16. The molecule has 1 aromatic heterocycles. The summed E-state index contributed by atoms with van der Waals surface area (Å²) in [5.74, 6) is 5.49. The first-order chi connectivity index (χ1) is 8.77. The highest BCUT2D eigenvalue weighted by atomic mass is 79.9. The second-order valence-corrected chi connectivity index (χ2v) is 5.06. The average Bonchev–Trinajstić information content (AvgIpc) is 2.73. The molecule has 1 aliphatic rings. The van der Waals surface area contributed by atoms with Crippen LogP contribution in [0.15, 0.2) is 10.7 Å². The molecule has 0 saturated carbocycles. The Kier molecular flexibility index (Phi) is 3.58. The van der Waals surface area contributed by atoms with Gasteiger partial charge in [-0.3, -0.25) is 5.43 Å². The lowest BCUT2D eigenvalue weighted by Gasteiger charge is -2.26. The summed E-state index contributed by atoms with van der Waals surface area (Å²) in [6.07, 6.45) is -3.70. The predicted octanol–water partition coefficient (Wildman–Crippen LogP) is 1.03. The van der Waals surface area contributed by atoms with Crippen LogP contribution in [0.3, 0.4) is 0 Å². The molecule has 4 N–H and O–H groups in total. The minimum absolute atomic E-state index is 0.0373. The third-order valence-electron chi connectivity index (χ3n) is 2.93. The Labute approximate surface area is 114 Å². The molecule has 1 fully saturated rings. The van der Waals surface area contributed by atoms with E-state index in [9.17, 15) is 18.3 Å². The lowest BCUT2D eigenvalue weighted by Crippen LogP contribution is -2.47. The van der Waals surface area contributed by atoms with E-state index in [0.717, 1.165) is 0 Å². The second-order valence-electron chi connectivity index (χ2n) is 4.21. The summed E-state index contributed by atoms with van der Waals surface area (Å²) in [5, 5.41) is 9.61. The number of hydrazine groups is 1. The highest BCUT2D eigenvalue weighted by Gasteiger charge is 2.57. The number of β-amino-alcohol motifs (C(OH)–C–C–N with tert-alkyl or cyclic N) is 1. The summed E-state index contributed by atoms with van der Waals surface area (Å²) in [5.41, 5.74) is -0.500. The number of alkyl halides is 3. The number of aromatic nitrogens is 2. The van der Waals surface area contributed by atoms with Gasteiger partial charge in [-0.2, -0.15) is 18.2 Å². The topological polar surface area (TPSA) is 87.3 Å². The van der Waals surface area contributed by atoms with Crippen LogP contribution in [-0.2, 0) is 0 Å². The van der Waals surface area contributed by atoms with Crippen molar-refractivity contribution in [2.75, 3.05) is 23.4 Å². The molecule has 106 valence electrons. The third kappa shape index (κ3) is 2.60. The summed E-state index contributed by atoms with van der Waals surface area (Å²) in [6, 6.07) is 0. The maximum Gasteiger partial charge on any atom is 0.418 e. The molecule has 1 aromatic rings. The van der Waals surface area contributed by atoms with Gasteiger partial charge in [-0.25, -0.2) is 10.8 Å². The van der Waals surface area contributed by atoms with E-state index < -0.39 is 24.7 Å². The summed E-state index contributed by atoms with van der Waals surface area (Å²) in [6.45, 7) is -0.536. The Morgan fingerprint density at radius 3 is 2.74 bits per heavy atom. The molecular weight excluding hydrogens is 331 g/mol. The molecule has 0 bridgehead atoms. The molecule has 2 heterocycles. The van der Waals surface area contributed by atoms with Crippen molar-refractivity contribution in [2.24, 2.45) is 5.84 Å². The molecule has 0 amide bonds. The highest BCUT2D eigenvalue weighted by Crippen LogP contribution is 2.40. The maximum absolute atomic E-state index is 12.7. The van der Waals surface area contributed by atoms with Gasteiger partial charge in [-0.15, -0.1) is 0 Å². The van der Waals surface area contributed by atoms with Gasteiger partial charge in [0.1, 0.15) is 5.82 Å². The number of anilines is 2. The van der Waals surface area contributed by atoms with Gasteiger partial charge in [-0.05, 0) is 15.9 Å². The lowest BCUT2D eigenvalue weighted by molar-refractivity contribution is -0.250. The van der Waals surface area contributed by atoms with E-state index in [1.165, 1.54) is 11.1 Å². The fourth-order valence-corrected chi connectivity index (χ4v) is 2.30. The van der Waals surface area contributed by atoms with Crippen LogP contribution >= 0.6 is 15.9 Å². The van der Waals surface area contributed by atoms with Crippen molar-refractivity contribution in [2.45, 2.75) is 18.2 Å². The molecule has 19 heavy (non-hydrogen) atoms. The van der Waals surface area contributed by atoms with Crippen molar-refractivity contribution in [3.05, 3.63) is 10.7 Å². The molecule has 1 aliphatic heterocycles. The third-order valence-corrected chi connectivity index (χ3v) is 3.49. The van der Waals surface area contributed by atoms with Gasteiger partial charge in [-0.1, -0.05) is 0 Å². The molecule has 0 radical (unpaired) electrons. The van der Waals surface area contributed by atoms with Crippen molar-refractivity contribution in [1.29, 1.82) is 0 Å². The number of halogens is 4. The number of aliphatic hydroxyl groups is 1. The molecular formula is C9H11BrF3N5O. The molecule has 0 spiro atoms. The van der Waals surface area contributed by atoms with E-state index in [4.69, 9.17) is 5.84 Å². The molecule has 1 unspecified atom stereocenters. The largest absolute Gasteiger partial charge is 0.418 e. The average molecular weight is 342 g/mol. The summed E-state index contributed by atoms with van der Waals surface area (Å²) in [7, 11) is 0. The van der Waals surface area contributed by atoms with Crippen molar-refractivity contribution in [3.63, 3.8) is 0 Å².